The molecular formula is C16H11F2N3O2. The summed E-state index contributed by atoms with van der Waals surface area (Å²) in [4.78, 5) is 27.1. The van der Waals surface area contributed by atoms with E-state index in [-0.39, 0.29) is 22.9 Å². The lowest BCUT2D eigenvalue weighted by molar-refractivity contribution is -0.114. The van der Waals surface area contributed by atoms with Gasteiger partial charge < -0.3 is 10.6 Å². The largest absolute Gasteiger partial charge is 0.326 e. The Labute approximate surface area is 130 Å². The zero-order valence-electron chi connectivity index (χ0n) is 12.0. The number of nitrogens with one attached hydrogen (secondary N) is 2. The third kappa shape index (κ3) is 2.94. The van der Waals surface area contributed by atoms with Gasteiger partial charge in [-0.05, 0) is 30.3 Å². The molecule has 2 amide bonds. The molecule has 0 unspecified atom stereocenters. The van der Waals surface area contributed by atoms with Gasteiger partial charge in [-0.25, -0.2) is 13.8 Å². The minimum Gasteiger partial charge on any atom is -0.326 e. The number of nitrogens with zero attached hydrogens (tertiary/aromatic N) is 1. The monoisotopic (exact) mass is 315 g/mol. The Morgan fingerprint density at radius 2 is 1.78 bits per heavy atom. The van der Waals surface area contributed by atoms with Gasteiger partial charge >= 0.3 is 0 Å². The molecule has 0 saturated heterocycles. The molecule has 1 aliphatic heterocycles. The third-order valence-electron chi connectivity index (χ3n) is 3.21. The molecule has 2 aromatic rings. The summed E-state index contributed by atoms with van der Waals surface area (Å²) in [6, 6.07) is 8.31. The maximum atomic E-state index is 13.4. The fourth-order valence-corrected chi connectivity index (χ4v) is 2.21. The van der Waals surface area contributed by atoms with E-state index in [0.717, 1.165) is 12.1 Å². The SMILES string of the molecule is CC(=O)Nc1ccc(N=C2C(=O)Nc3cc(F)c(F)cc32)cc1. The molecule has 0 atom stereocenters. The van der Waals surface area contributed by atoms with Crippen molar-refractivity contribution in [2.75, 3.05) is 10.6 Å². The second-order valence-corrected chi connectivity index (χ2v) is 4.95. The minimum absolute atomic E-state index is 0.00572. The number of hydrogen-bond acceptors (Lipinski definition) is 3. The highest BCUT2D eigenvalue weighted by atomic mass is 19.2. The predicted octanol–water partition coefficient (Wildman–Crippen LogP) is 3.00. The van der Waals surface area contributed by atoms with Gasteiger partial charge in [-0.1, -0.05) is 0 Å². The van der Waals surface area contributed by atoms with Crippen molar-refractivity contribution >= 4 is 34.6 Å². The van der Waals surface area contributed by atoms with Gasteiger partial charge in [0.15, 0.2) is 11.6 Å². The van der Waals surface area contributed by atoms with Crippen LogP contribution in [0.2, 0.25) is 0 Å². The highest BCUT2D eigenvalue weighted by Gasteiger charge is 2.27. The van der Waals surface area contributed by atoms with Crippen LogP contribution in [0.15, 0.2) is 41.4 Å². The van der Waals surface area contributed by atoms with Crippen molar-refractivity contribution in [3.8, 4) is 0 Å². The lowest BCUT2D eigenvalue weighted by Crippen LogP contribution is -2.13. The Morgan fingerprint density at radius 1 is 1.13 bits per heavy atom. The molecule has 0 spiro atoms. The van der Waals surface area contributed by atoms with Gasteiger partial charge in [0.05, 0.1) is 11.4 Å². The fourth-order valence-electron chi connectivity index (χ4n) is 2.21. The summed E-state index contributed by atoms with van der Waals surface area (Å²) in [5.41, 5.74) is 1.43. The van der Waals surface area contributed by atoms with Crippen molar-refractivity contribution in [1.29, 1.82) is 0 Å². The van der Waals surface area contributed by atoms with E-state index in [1.54, 1.807) is 24.3 Å². The molecule has 0 radical (unpaired) electrons. The number of carbonyl (C=O) groups is 2. The summed E-state index contributed by atoms with van der Waals surface area (Å²) >= 11 is 0. The number of fused-ring (bicyclic) bond motifs is 1. The molecule has 0 saturated carbocycles. The van der Waals surface area contributed by atoms with Crippen molar-refractivity contribution in [1.82, 2.24) is 0 Å². The second-order valence-electron chi connectivity index (χ2n) is 4.95. The first-order chi connectivity index (χ1) is 10.9. The first kappa shape index (κ1) is 14.8. The van der Waals surface area contributed by atoms with Crippen LogP contribution in [0.4, 0.5) is 25.8 Å². The highest BCUT2D eigenvalue weighted by molar-refractivity contribution is 6.54. The number of hydrogen-bond donors (Lipinski definition) is 2. The lowest BCUT2D eigenvalue weighted by atomic mass is 10.1. The van der Waals surface area contributed by atoms with Crippen LogP contribution in [0.1, 0.15) is 12.5 Å². The molecule has 23 heavy (non-hydrogen) atoms. The van der Waals surface area contributed by atoms with E-state index in [1.807, 2.05) is 0 Å². The minimum atomic E-state index is -1.05. The van der Waals surface area contributed by atoms with Gasteiger partial charge in [0.25, 0.3) is 5.91 Å². The van der Waals surface area contributed by atoms with Gasteiger partial charge in [0.1, 0.15) is 5.71 Å². The third-order valence-corrected chi connectivity index (χ3v) is 3.21. The van der Waals surface area contributed by atoms with Crippen molar-refractivity contribution in [2.45, 2.75) is 6.92 Å². The Morgan fingerprint density at radius 3 is 2.43 bits per heavy atom. The number of carbonyl (C=O) groups excluding carboxylic acids is 2. The van der Waals surface area contributed by atoms with Gasteiger partial charge in [0.2, 0.25) is 5.91 Å². The van der Waals surface area contributed by atoms with Crippen LogP contribution in [0.3, 0.4) is 0 Å². The van der Waals surface area contributed by atoms with Crippen molar-refractivity contribution < 1.29 is 18.4 Å². The van der Waals surface area contributed by atoms with E-state index in [9.17, 15) is 18.4 Å². The molecule has 0 aliphatic carbocycles. The molecule has 7 heteroatoms. The molecule has 3 rings (SSSR count). The average Bonchev–Trinajstić information content (AvgIpc) is 2.77. The molecule has 2 N–H and O–H groups in total. The van der Waals surface area contributed by atoms with E-state index in [2.05, 4.69) is 15.6 Å². The lowest BCUT2D eigenvalue weighted by Gasteiger charge is -2.02. The smallest absolute Gasteiger partial charge is 0.275 e. The van der Waals surface area contributed by atoms with Crippen LogP contribution >= 0.6 is 0 Å². The van der Waals surface area contributed by atoms with Crippen LogP contribution in [-0.2, 0) is 9.59 Å². The van der Waals surface area contributed by atoms with Gasteiger partial charge in [-0.3, -0.25) is 9.59 Å². The van der Waals surface area contributed by atoms with E-state index in [1.165, 1.54) is 6.92 Å². The molecule has 0 aromatic heterocycles. The molecule has 5 nitrogen and oxygen atoms in total. The highest BCUT2D eigenvalue weighted by Crippen LogP contribution is 2.28. The van der Waals surface area contributed by atoms with Gasteiger partial charge in [0, 0.05) is 24.2 Å². The molecule has 2 aromatic carbocycles. The van der Waals surface area contributed by atoms with Crippen molar-refractivity contribution in [3.05, 3.63) is 53.6 Å². The Hall–Kier alpha value is -3.09. The number of amides is 2. The van der Waals surface area contributed by atoms with E-state index in [0.29, 0.717) is 11.4 Å². The molecule has 1 heterocycles. The zero-order valence-corrected chi connectivity index (χ0v) is 12.0. The Balaban J connectivity index is 1.96. The van der Waals surface area contributed by atoms with Gasteiger partial charge in [-0.2, -0.15) is 0 Å². The van der Waals surface area contributed by atoms with E-state index in [4.69, 9.17) is 0 Å². The van der Waals surface area contributed by atoms with E-state index < -0.39 is 17.5 Å². The summed E-state index contributed by atoms with van der Waals surface area (Å²) in [6.45, 7) is 1.39. The summed E-state index contributed by atoms with van der Waals surface area (Å²) < 4.78 is 26.6. The second kappa shape index (κ2) is 5.60. The van der Waals surface area contributed by atoms with Crippen molar-refractivity contribution in [2.24, 2.45) is 4.99 Å². The van der Waals surface area contributed by atoms with Crippen LogP contribution in [-0.4, -0.2) is 17.5 Å². The molecule has 0 fully saturated rings. The molecule has 116 valence electrons. The summed E-state index contributed by atoms with van der Waals surface area (Å²) in [5.74, 6) is -2.82. The zero-order chi connectivity index (χ0) is 16.6. The van der Waals surface area contributed by atoms with Crippen LogP contribution in [0.25, 0.3) is 0 Å². The first-order valence-electron chi connectivity index (χ1n) is 6.71. The Kier molecular flexibility index (Phi) is 3.61. The molecule has 1 aliphatic rings. The average molecular weight is 315 g/mol. The Bertz CT molecular complexity index is 845. The number of benzene rings is 2. The normalized spacial score (nSPS) is 14.6. The number of rotatable bonds is 2. The van der Waals surface area contributed by atoms with Gasteiger partial charge in [-0.15, -0.1) is 0 Å². The summed E-state index contributed by atoms with van der Waals surface area (Å²) in [7, 11) is 0. The maximum absolute atomic E-state index is 13.4. The quantitative estimate of drug-likeness (QED) is 0.894. The summed E-state index contributed by atoms with van der Waals surface area (Å²) in [6.07, 6.45) is 0. The predicted molar refractivity (Wildman–Crippen MR) is 81.9 cm³/mol. The summed E-state index contributed by atoms with van der Waals surface area (Å²) in [5, 5.41) is 5.05. The molecule has 0 bridgehead atoms. The maximum Gasteiger partial charge on any atom is 0.275 e. The number of halogens is 2. The topological polar surface area (TPSA) is 70.6 Å². The number of aliphatic imine (C=N–C) groups is 1. The van der Waals surface area contributed by atoms with E-state index >= 15 is 0 Å². The first-order valence-corrected chi connectivity index (χ1v) is 6.71. The van der Waals surface area contributed by atoms with Crippen LogP contribution in [0, 0.1) is 11.6 Å². The molecular weight excluding hydrogens is 304 g/mol. The van der Waals surface area contributed by atoms with Crippen LogP contribution < -0.4 is 10.6 Å². The number of anilines is 2. The fraction of sp³-hybridized carbons (Fsp3) is 0.0625. The van der Waals surface area contributed by atoms with Crippen molar-refractivity contribution in [3.63, 3.8) is 0 Å². The van der Waals surface area contributed by atoms with Crippen LogP contribution in [0.5, 0.6) is 0 Å². The standard InChI is InChI=1S/C16H11F2N3O2/c1-8(22)19-9-2-4-10(5-3-9)20-15-11-6-12(17)13(18)7-14(11)21-16(15)23/h2-7H,1H3,(H,19,22)(H,20,21,23).